The van der Waals surface area contributed by atoms with Gasteiger partial charge in [0.1, 0.15) is 17.6 Å². The summed E-state index contributed by atoms with van der Waals surface area (Å²) in [5, 5.41) is 0.423. The maximum Gasteiger partial charge on any atom is 0.223 e. The van der Waals surface area contributed by atoms with Crippen molar-refractivity contribution < 1.29 is 9.53 Å². The summed E-state index contributed by atoms with van der Waals surface area (Å²) in [5.41, 5.74) is 0. The molecule has 0 spiro atoms. The highest BCUT2D eigenvalue weighted by molar-refractivity contribution is 6.29. The van der Waals surface area contributed by atoms with Gasteiger partial charge in [0.25, 0.3) is 0 Å². The second-order valence-corrected chi connectivity index (χ2v) is 5.51. The van der Waals surface area contributed by atoms with E-state index in [0.29, 0.717) is 30.0 Å². The fourth-order valence-electron chi connectivity index (χ4n) is 2.88. The Morgan fingerprint density at radius 1 is 1.45 bits per heavy atom. The zero-order valence-electron chi connectivity index (χ0n) is 11.4. The van der Waals surface area contributed by atoms with E-state index in [-0.39, 0.29) is 5.91 Å². The van der Waals surface area contributed by atoms with Crippen LogP contribution in [-0.2, 0) is 16.1 Å². The van der Waals surface area contributed by atoms with Crippen LogP contribution in [0.5, 0.6) is 0 Å². The van der Waals surface area contributed by atoms with Gasteiger partial charge in [-0.15, -0.1) is 0 Å². The standard InChI is InChI=1S/C13H17ClN4O2/c1-20-8-11-15-10(14)6-12(16-11)17-4-5-18-9(7-17)2-3-13(18)19/h6,9H,2-5,7-8H2,1H3. The van der Waals surface area contributed by atoms with Crippen LogP contribution >= 0.6 is 11.6 Å². The number of anilines is 1. The van der Waals surface area contributed by atoms with Crippen molar-refractivity contribution in [3.05, 3.63) is 17.0 Å². The van der Waals surface area contributed by atoms with Crippen LogP contribution in [0.25, 0.3) is 0 Å². The van der Waals surface area contributed by atoms with Crippen LogP contribution in [0.3, 0.4) is 0 Å². The van der Waals surface area contributed by atoms with Gasteiger partial charge < -0.3 is 14.5 Å². The van der Waals surface area contributed by atoms with Crippen molar-refractivity contribution in [3.8, 4) is 0 Å². The zero-order valence-corrected chi connectivity index (χ0v) is 12.1. The highest BCUT2D eigenvalue weighted by atomic mass is 35.5. The molecular formula is C13H17ClN4O2. The monoisotopic (exact) mass is 296 g/mol. The molecule has 6 nitrogen and oxygen atoms in total. The molecule has 0 saturated carbocycles. The predicted molar refractivity (Wildman–Crippen MR) is 74.7 cm³/mol. The van der Waals surface area contributed by atoms with Crippen LogP contribution in [0.2, 0.25) is 5.15 Å². The number of nitrogens with zero attached hydrogens (tertiary/aromatic N) is 4. The third-order valence-corrected chi connectivity index (χ3v) is 4.01. The molecule has 1 aromatic heterocycles. The zero-order chi connectivity index (χ0) is 14.1. The van der Waals surface area contributed by atoms with E-state index in [0.717, 1.165) is 31.9 Å². The van der Waals surface area contributed by atoms with Gasteiger partial charge >= 0.3 is 0 Å². The Kier molecular flexibility index (Phi) is 3.76. The number of aromatic nitrogens is 2. The summed E-state index contributed by atoms with van der Waals surface area (Å²) in [6.45, 7) is 2.69. The maximum atomic E-state index is 11.7. The first kappa shape index (κ1) is 13.6. The van der Waals surface area contributed by atoms with E-state index in [1.807, 2.05) is 4.90 Å². The largest absolute Gasteiger partial charge is 0.377 e. The molecule has 7 heteroatoms. The number of hydrogen-bond acceptors (Lipinski definition) is 5. The molecule has 0 N–H and O–H groups in total. The van der Waals surface area contributed by atoms with E-state index in [9.17, 15) is 4.79 Å². The number of amides is 1. The molecule has 2 saturated heterocycles. The Balaban J connectivity index is 1.78. The lowest BCUT2D eigenvalue weighted by Gasteiger charge is -2.38. The minimum atomic E-state index is 0.274. The van der Waals surface area contributed by atoms with E-state index >= 15 is 0 Å². The number of rotatable bonds is 3. The van der Waals surface area contributed by atoms with Crippen molar-refractivity contribution in [2.24, 2.45) is 0 Å². The van der Waals surface area contributed by atoms with E-state index in [1.165, 1.54) is 0 Å². The molecule has 20 heavy (non-hydrogen) atoms. The summed E-state index contributed by atoms with van der Waals surface area (Å²) < 4.78 is 5.05. The molecule has 0 bridgehead atoms. The molecule has 3 rings (SSSR count). The van der Waals surface area contributed by atoms with Crippen LogP contribution in [0.15, 0.2) is 6.07 Å². The molecule has 0 aliphatic carbocycles. The molecule has 0 aromatic carbocycles. The number of ether oxygens (including phenoxy) is 1. The molecule has 1 aromatic rings. The average Bonchev–Trinajstić information content (AvgIpc) is 2.80. The SMILES string of the molecule is COCc1nc(Cl)cc(N2CCN3C(=O)CCC3C2)n1. The Morgan fingerprint density at radius 3 is 3.10 bits per heavy atom. The van der Waals surface area contributed by atoms with Crippen molar-refractivity contribution in [2.75, 3.05) is 31.6 Å². The lowest BCUT2D eigenvalue weighted by atomic mass is 10.1. The number of carbonyl (C=O) groups is 1. The number of fused-ring (bicyclic) bond motifs is 1. The highest BCUT2D eigenvalue weighted by Crippen LogP contribution is 2.26. The molecule has 3 heterocycles. The molecule has 2 aliphatic rings. The van der Waals surface area contributed by atoms with Gasteiger partial charge in [0.15, 0.2) is 5.82 Å². The second-order valence-electron chi connectivity index (χ2n) is 5.12. The maximum absolute atomic E-state index is 11.7. The van der Waals surface area contributed by atoms with Crippen molar-refractivity contribution in [2.45, 2.75) is 25.5 Å². The quantitative estimate of drug-likeness (QED) is 0.782. The smallest absolute Gasteiger partial charge is 0.223 e. The van der Waals surface area contributed by atoms with E-state index in [4.69, 9.17) is 16.3 Å². The third kappa shape index (κ3) is 2.58. The highest BCUT2D eigenvalue weighted by Gasteiger charge is 2.35. The Morgan fingerprint density at radius 2 is 2.30 bits per heavy atom. The van der Waals surface area contributed by atoms with Gasteiger partial charge in [-0.25, -0.2) is 9.97 Å². The van der Waals surface area contributed by atoms with Gasteiger partial charge in [0, 0.05) is 45.3 Å². The lowest BCUT2D eigenvalue weighted by Crippen LogP contribution is -2.51. The average molecular weight is 297 g/mol. The number of hydrogen-bond donors (Lipinski definition) is 0. The lowest BCUT2D eigenvalue weighted by molar-refractivity contribution is -0.129. The molecule has 1 unspecified atom stereocenters. The first-order valence-electron chi connectivity index (χ1n) is 6.74. The van der Waals surface area contributed by atoms with Gasteiger partial charge in [0.05, 0.1) is 0 Å². The molecule has 1 amide bonds. The molecule has 2 aliphatic heterocycles. The van der Waals surface area contributed by atoms with Crippen LogP contribution in [0.1, 0.15) is 18.7 Å². The Hall–Kier alpha value is -1.40. The number of piperazine rings is 1. The minimum Gasteiger partial charge on any atom is -0.377 e. The van der Waals surface area contributed by atoms with Gasteiger partial charge in [-0.3, -0.25) is 4.79 Å². The van der Waals surface area contributed by atoms with Crippen molar-refractivity contribution >= 4 is 23.3 Å². The van der Waals surface area contributed by atoms with Crippen molar-refractivity contribution in [3.63, 3.8) is 0 Å². The first-order valence-corrected chi connectivity index (χ1v) is 7.12. The molecular weight excluding hydrogens is 280 g/mol. The van der Waals surface area contributed by atoms with Gasteiger partial charge in [-0.05, 0) is 6.42 Å². The number of methoxy groups -OCH3 is 1. The fraction of sp³-hybridized carbons (Fsp3) is 0.615. The van der Waals surface area contributed by atoms with Crippen molar-refractivity contribution in [1.29, 1.82) is 0 Å². The number of halogens is 1. The van der Waals surface area contributed by atoms with E-state index in [1.54, 1.807) is 13.2 Å². The second kappa shape index (κ2) is 5.54. The molecule has 1 atom stereocenters. The van der Waals surface area contributed by atoms with Crippen LogP contribution in [0, 0.1) is 0 Å². The van der Waals surface area contributed by atoms with E-state index in [2.05, 4.69) is 14.9 Å². The Bertz CT molecular complexity index is 525. The van der Waals surface area contributed by atoms with Crippen LogP contribution < -0.4 is 4.90 Å². The Labute approximate surface area is 122 Å². The first-order chi connectivity index (χ1) is 9.67. The summed E-state index contributed by atoms with van der Waals surface area (Å²) >= 11 is 6.04. The number of carbonyl (C=O) groups excluding carboxylic acids is 1. The van der Waals surface area contributed by atoms with E-state index < -0.39 is 0 Å². The minimum absolute atomic E-state index is 0.274. The summed E-state index contributed by atoms with van der Waals surface area (Å²) in [7, 11) is 1.60. The van der Waals surface area contributed by atoms with Gasteiger partial charge in [-0.2, -0.15) is 0 Å². The van der Waals surface area contributed by atoms with Crippen molar-refractivity contribution in [1.82, 2.24) is 14.9 Å². The summed E-state index contributed by atoms with van der Waals surface area (Å²) in [4.78, 5) is 24.5. The fourth-order valence-corrected chi connectivity index (χ4v) is 3.07. The van der Waals surface area contributed by atoms with Crippen LogP contribution in [0.4, 0.5) is 5.82 Å². The topological polar surface area (TPSA) is 58.6 Å². The third-order valence-electron chi connectivity index (χ3n) is 3.82. The summed E-state index contributed by atoms with van der Waals surface area (Å²) in [6.07, 6.45) is 1.59. The summed E-state index contributed by atoms with van der Waals surface area (Å²) in [5.74, 6) is 1.67. The van der Waals surface area contributed by atoms with Crippen LogP contribution in [-0.4, -0.2) is 53.6 Å². The predicted octanol–water partition coefficient (Wildman–Crippen LogP) is 1.09. The molecule has 2 fully saturated rings. The normalized spacial score (nSPS) is 22.3. The van der Waals surface area contributed by atoms with Gasteiger partial charge in [0.2, 0.25) is 5.91 Å². The summed E-state index contributed by atoms with van der Waals surface area (Å²) in [6, 6.07) is 2.07. The molecule has 0 radical (unpaired) electrons. The molecule has 108 valence electrons. The van der Waals surface area contributed by atoms with Gasteiger partial charge in [-0.1, -0.05) is 11.6 Å².